The smallest absolute Gasteiger partial charge is 0.123 e. The summed E-state index contributed by atoms with van der Waals surface area (Å²) in [4.78, 5) is 0. The third-order valence-electron chi connectivity index (χ3n) is 4.05. The minimum atomic E-state index is -0.280. The van der Waals surface area contributed by atoms with Crippen LogP contribution in [0.25, 0.3) is 22.8 Å². The first kappa shape index (κ1) is 15.7. The molecule has 3 aromatic carbocycles. The Labute approximate surface area is 154 Å². The number of halogens is 4. The molecule has 0 amide bonds. The Hall–Kier alpha value is -1.80. The Bertz CT molecular complexity index is 1010. The molecule has 0 aliphatic heterocycles. The quantitative estimate of drug-likeness (QED) is 0.326. The van der Waals surface area contributed by atoms with Gasteiger partial charge in [0.25, 0.3) is 0 Å². The Kier molecular flexibility index (Phi) is 3.88. The molecule has 4 heteroatoms. The third-order valence-corrected chi connectivity index (χ3v) is 4.80. The van der Waals surface area contributed by atoms with E-state index < -0.39 is 0 Å². The van der Waals surface area contributed by atoms with E-state index in [1.807, 2.05) is 36.4 Å². The van der Waals surface area contributed by atoms with Crippen molar-refractivity contribution in [1.82, 2.24) is 0 Å². The van der Waals surface area contributed by atoms with Gasteiger partial charge in [0.15, 0.2) is 0 Å². The van der Waals surface area contributed by atoms with E-state index in [-0.39, 0.29) is 5.82 Å². The van der Waals surface area contributed by atoms with E-state index in [0.717, 1.165) is 33.4 Å². The summed E-state index contributed by atoms with van der Waals surface area (Å²) in [7, 11) is 0. The van der Waals surface area contributed by atoms with Gasteiger partial charge in [0.2, 0.25) is 0 Å². The van der Waals surface area contributed by atoms with Crippen molar-refractivity contribution in [2.24, 2.45) is 0 Å². The molecule has 1 aliphatic rings. The van der Waals surface area contributed by atoms with Gasteiger partial charge in [0.05, 0.1) is 5.02 Å². The van der Waals surface area contributed by atoms with Gasteiger partial charge in [-0.15, -0.1) is 0 Å². The maximum absolute atomic E-state index is 13.5. The zero-order valence-corrected chi connectivity index (χ0v) is 14.6. The van der Waals surface area contributed by atoms with Gasteiger partial charge in [0.1, 0.15) is 5.82 Å². The lowest BCUT2D eigenvalue weighted by Crippen LogP contribution is -1.84. The summed E-state index contributed by atoms with van der Waals surface area (Å²) >= 11 is 18.8. The van der Waals surface area contributed by atoms with E-state index in [0.29, 0.717) is 15.1 Å². The summed E-state index contributed by atoms with van der Waals surface area (Å²) in [6.45, 7) is 0. The van der Waals surface area contributed by atoms with Crippen LogP contribution in [-0.4, -0.2) is 0 Å². The maximum Gasteiger partial charge on any atom is 0.123 e. The summed E-state index contributed by atoms with van der Waals surface area (Å²) in [5, 5.41) is 1.78. The summed E-state index contributed by atoms with van der Waals surface area (Å²) in [6, 6.07) is 15.7. The van der Waals surface area contributed by atoms with Crippen molar-refractivity contribution in [2.75, 3.05) is 0 Å². The van der Waals surface area contributed by atoms with Crippen molar-refractivity contribution in [3.05, 3.63) is 92.2 Å². The van der Waals surface area contributed by atoms with Gasteiger partial charge >= 0.3 is 0 Å². The van der Waals surface area contributed by atoms with Gasteiger partial charge in [-0.25, -0.2) is 4.39 Å². The molecule has 0 bridgehead atoms. The molecule has 0 N–H and O–H groups in total. The Morgan fingerprint density at radius 1 is 0.750 bits per heavy atom. The maximum atomic E-state index is 13.5. The van der Waals surface area contributed by atoms with Crippen LogP contribution < -0.4 is 0 Å². The molecule has 0 spiro atoms. The molecule has 118 valence electrons. The number of benzene rings is 3. The molecule has 3 aromatic rings. The zero-order chi connectivity index (χ0) is 16.8. The van der Waals surface area contributed by atoms with E-state index in [1.54, 1.807) is 12.1 Å². The first-order valence-corrected chi connectivity index (χ1v) is 8.43. The average Bonchev–Trinajstić information content (AvgIpc) is 2.81. The Balaban J connectivity index is 2.03. The second-order valence-corrected chi connectivity index (χ2v) is 6.89. The van der Waals surface area contributed by atoms with Crippen LogP contribution in [0.3, 0.4) is 0 Å². The van der Waals surface area contributed by atoms with Crippen molar-refractivity contribution in [3.63, 3.8) is 0 Å². The Morgan fingerprint density at radius 3 is 2.33 bits per heavy atom. The predicted molar refractivity (Wildman–Crippen MR) is 100 cm³/mol. The van der Waals surface area contributed by atoms with E-state index in [4.69, 9.17) is 34.8 Å². The van der Waals surface area contributed by atoms with Crippen LogP contribution in [-0.2, 0) is 0 Å². The second-order valence-electron chi connectivity index (χ2n) is 5.61. The molecule has 0 aromatic heterocycles. The van der Waals surface area contributed by atoms with Crippen LogP contribution in [0, 0.1) is 5.82 Å². The summed E-state index contributed by atoms with van der Waals surface area (Å²) in [5.74, 6) is -0.280. The number of fused-ring (bicyclic) bond motifs is 3. The molecule has 0 radical (unpaired) electrons. The lowest BCUT2D eigenvalue weighted by molar-refractivity contribution is 0.627. The van der Waals surface area contributed by atoms with Crippen LogP contribution >= 0.6 is 34.8 Å². The number of hydrogen-bond donors (Lipinski definition) is 0. The minimum Gasteiger partial charge on any atom is -0.207 e. The molecule has 1 aliphatic carbocycles. The molecule has 0 saturated carbocycles. The number of rotatable bonds is 1. The standard InChI is InChI=1S/C20H10Cl3F/c21-12-4-5-15-17(8-12)16(7-11-2-1-3-14(24)6-11)18-9-13(22)10-19(23)20(15)18/h1-10H/b16-7-. The highest BCUT2D eigenvalue weighted by Gasteiger charge is 2.26. The topological polar surface area (TPSA) is 0 Å². The van der Waals surface area contributed by atoms with Crippen molar-refractivity contribution in [3.8, 4) is 11.1 Å². The fraction of sp³-hybridized carbons (Fsp3) is 0. The highest BCUT2D eigenvalue weighted by molar-refractivity contribution is 6.38. The van der Waals surface area contributed by atoms with Crippen LogP contribution in [0.15, 0.2) is 54.6 Å². The normalized spacial score (nSPS) is 13.9. The van der Waals surface area contributed by atoms with E-state index in [9.17, 15) is 4.39 Å². The summed E-state index contributed by atoms with van der Waals surface area (Å²) in [6.07, 6.45) is 1.93. The van der Waals surface area contributed by atoms with Gasteiger partial charge < -0.3 is 0 Å². The molecule has 0 atom stereocenters. The van der Waals surface area contributed by atoms with Crippen LogP contribution in [0.2, 0.25) is 15.1 Å². The molecule has 0 unspecified atom stereocenters. The fourth-order valence-corrected chi connectivity index (χ4v) is 3.85. The molecule has 0 nitrogen and oxygen atoms in total. The van der Waals surface area contributed by atoms with Gasteiger partial charge in [-0.05, 0) is 70.3 Å². The fourth-order valence-electron chi connectivity index (χ4n) is 3.08. The lowest BCUT2D eigenvalue weighted by Gasteiger charge is -2.05. The van der Waals surface area contributed by atoms with E-state index >= 15 is 0 Å². The first-order valence-electron chi connectivity index (χ1n) is 7.30. The highest BCUT2D eigenvalue weighted by atomic mass is 35.5. The van der Waals surface area contributed by atoms with Gasteiger partial charge in [-0.2, -0.15) is 0 Å². The van der Waals surface area contributed by atoms with Gasteiger partial charge in [-0.3, -0.25) is 0 Å². The minimum absolute atomic E-state index is 0.280. The average molecular weight is 376 g/mol. The van der Waals surface area contributed by atoms with Crippen molar-refractivity contribution < 1.29 is 4.39 Å². The highest BCUT2D eigenvalue weighted by Crippen LogP contribution is 2.49. The molecule has 0 fully saturated rings. The molecule has 24 heavy (non-hydrogen) atoms. The van der Waals surface area contributed by atoms with E-state index in [1.165, 1.54) is 12.1 Å². The largest absolute Gasteiger partial charge is 0.207 e. The van der Waals surface area contributed by atoms with Crippen molar-refractivity contribution in [2.45, 2.75) is 0 Å². The Morgan fingerprint density at radius 2 is 1.54 bits per heavy atom. The molecule has 0 heterocycles. The van der Waals surface area contributed by atoms with E-state index in [2.05, 4.69) is 0 Å². The summed E-state index contributed by atoms with van der Waals surface area (Å²) < 4.78 is 13.5. The monoisotopic (exact) mass is 374 g/mol. The molecular formula is C20H10Cl3F. The van der Waals surface area contributed by atoms with Crippen LogP contribution in [0.4, 0.5) is 4.39 Å². The second kappa shape index (κ2) is 5.93. The third kappa shape index (κ3) is 2.63. The van der Waals surface area contributed by atoms with Crippen LogP contribution in [0.5, 0.6) is 0 Å². The van der Waals surface area contributed by atoms with Crippen LogP contribution in [0.1, 0.15) is 16.7 Å². The number of hydrogen-bond acceptors (Lipinski definition) is 0. The van der Waals surface area contributed by atoms with Crippen molar-refractivity contribution >= 4 is 46.5 Å². The molecule has 0 saturated heterocycles. The molecular weight excluding hydrogens is 366 g/mol. The predicted octanol–water partition coefficient (Wildman–Crippen LogP) is 7.36. The SMILES string of the molecule is Fc1cccc(/C=C2/c3cc(Cl)ccc3-c3c(Cl)cc(Cl)cc32)c1. The zero-order valence-electron chi connectivity index (χ0n) is 12.3. The summed E-state index contributed by atoms with van der Waals surface area (Å²) in [5.41, 5.74) is 5.51. The van der Waals surface area contributed by atoms with Gasteiger partial charge in [0, 0.05) is 15.6 Å². The first-order chi connectivity index (χ1) is 11.5. The van der Waals surface area contributed by atoms with Crippen molar-refractivity contribution in [1.29, 1.82) is 0 Å². The molecule has 4 rings (SSSR count). The lowest BCUT2D eigenvalue weighted by atomic mass is 10.0. The van der Waals surface area contributed by atoms with Gasteiger partial charge in [-0.1, -0.05) is 53.0 Å².